The first-order valence-electron chi connectivity index (χ1n) is 5.56. The molecule has 1 aliphatic heterocycles. The van der Waals surface area contributed by atoms with Gasteiger partial charge in [0.05, 0.1) is 6.20 Å². The molecule has 1 fully saturated rings. The summed E-state index contributed by atoms with van der Waals surface area (Å²) in [4.78, 5) is 6.16. The van der Waals surface area contributed by atoms with Gasteiger partial charge in [0, 0.05) is 19.1 Å². The molecule has 0 saturated carbocycles. The van der Waals surface area contributed by atoms with Crippen LogP contribution >= 0.6 is 0 Å². The zero-order chi connectivity index (χ0) is 12.3. The molecule has 94 valence electrons. The number of nitrogens with zero attached hydrogens (tertiary/aromatic N) is 2. The lowest BCUT2D eigenvalue weighted by Gasteiger charge is -2.31. The quantitative estimate of drug-likeness (QED) is 0.876. The average molecular weight is 243 g/mol. The van der Waals surface area contributed by atoms with Crippen molar-refractivity contribution in [2.45, 2.75) is 25.5 Å². The van der Waals surface area contributed by atoms with Gasteiger partial charge in [-0.3, -0.25) is 0 Å². The van der Waals surface area contributed by atoms with Crippen LogP contribution in [-0.4, -0.2) is 30.7 Å². The summed E-state index contributed by atoms with van der Waals surface area (Å²) >= 11 is 0. The summed E-state index contributed by atoms with van der Waals surface area (Å²) < 4.78 is 28.1. The highest BCUT2D eigenvalue weighted by Crippen LogP contribution is 2.20. The number of aromatic nitrogens is 1. The van der Waals surface area contributed by atoms with E-state index in [0.29, 0.717) is 0 Å². The summed E-state index contributed by atoms with van der Waals surface area (Å²) in [5.41, 5.74) is 5.86. The number of pyridine rings is 1. The molecule has 1 aromatic heterocycles. The fourth-order valence-electron chi connectivity index (χ4n) is 1.95. The van der Waals surface area contributed by atoms with E-state index in [-0.39, 0.29) is 11.8 Å². The van der Waals surface area contributed by atoms with Crippen LogP contribution in [0.3, 0.4) is 0 Å². The molecular formula is C11H15F2N3O. The highest BCUT2D eigenvalue weighted by Gasteiger charge is 2.17. The molecule has 4 nitrogen and oxygen atoms in total. The van der Waals surface area contributed by atoms with E-state index in [1.54, 1.807) is 6.07 Å². The average Bonchev–Trinajstić information content (AvgIpc) is 2.29. The predicted octanol–water partition coefficient (Wildman–Crippen LogP) is 1.61. The van der Waals surface area contributed by atoms with Crippen molar-refractivity contribution in [1.82, 2.24) is 4.98 Å². The lowest BCUT2D eigenvalue weighted by Crippen LogP contribution is -2.43. The fraction of sp³-hybridized carbons (Fsp3) is 0.545. The van der Waals surface area contributed by atoms with Crippen LogP contribution in [0.2, 0.25) is 0 Å². The van der Waals surface area contributed by atoms with E-state index in [0.717, 1.165) is 31.7 Å². The van der Waals surface area contributed by atoms with Gasteiger partial charge in [0.25, 0.3) is 0 Å². The predicted molar refractivity (Wildman–Crippen MR) is 60.3 cm³/mol. The van der Waals surface area contributed by atoms with Crippen molar-refractivity contribution in [3.8, 4) is 5.75 Å². The Bertz CT molecular complexity index is 358. The minimum absolute atomic E-state index is 0.0741. The van der Waals surface area contributed by atoms with E-state index in [1.807, 2.05) is 0 Å². The molecule has 0 bridgehead atoms. The molecule has 17 heavy (non-hydrogen) atoms. The Morgan fingerprint density at radius 1 is 1.47 bits per heavy atom. The van der Waals surface area contributed by atoms with Crippen molar-refractivity contribution in [2.75, 3.05) is 18.0 Å². The molecule has 6 heteroatoms. The Morgan fingerprint density at radius 3 is 2.88 bits per heavy atom. The number of nitrogens with two attached hydrogens (primary N) is 1. The summed E-state index contributed by atoms with van der Waals surface area (Å²) in [5.74, 6) is 0.826. The van der Waals surface area contributed by atoms with Gasteiger partial charge in [0.1, 0.15) is 11.6 Å². The van der Waals surface area contributed by atoms with Gasteiger partial charge in [-0.05, 0) is 25.0 Å². The normalized spacial score (nSPS) is 20.7. The summed E-state index contributed by atoms with van der Waals surface area (Å²) in [6.45, 7) is -1.16. The maximum absolute atomic E-state index is 11.9. The second-order valence-corrected chi connectivity index (χ2v) is 4.08. The number of hydrogen-bond acceptors (Lipinski definition) is 4. The van der Waals surface area contributed by atoms with Gasteiger partial charge in [-0.2, -0.15) is 8.78 Å². The molecule has 0 spiro atoms. The SMILES string of the molecule is N[C@@H]1CCCN(c2ccc(OC(F)F)cn2)C1. The van der Waals surface area contributed by atoms with E-state index in [9.17, 15) is 8.78 Å². The maximum Gasteiger partial charge on any atom is 0.387 e. The summed E-state index contributed by atoms with van der Waals surface area (Å²) in [6, 6.07) is 3.33. The number of anilines is 1. The van der Waals surface area contributed by atoms with Crippen LogP contribution in [0.5, 0.6) is 5.75 Å². The minimum atomic E-state index is -2.81. The van der Waals surface area contributed by atoms with Gasteiger partial charge in [-0.25, -0.2) is 4.98 Å². The summed E-state index contributed by atoms with van der Waals surface area (Å²) in [7, 11) is 0. The zero-order valence-corrected chi connectivity index (χ0v) is 9.35. The van der Waals surface area contributed by atoms with E-state index in [2.05, 4.69) is 14.6 Å². The van der Waals surface area contributed by atoms with Crippen LogP contribution in [0.1, 0.15) is 12.8 Å². The first-order chi connectivity index (χ1) is 8.15. The Kier molecular flexibility index (Phi) is 3.73. The second kappa shape index (κ2) is 5.27. The van der Waals surface area contributed by atoms with Crippen molar-refractivity contribution < 1.29 is 13.5 Å². The fourth-order valence-corrected chi connectivity index (χ4v) is 1.95. The van der Waals surface area contributed by atoms with Crippen molar-refractivity contribution in [2.24, 2.45) is 5.73 Å². The number of hydrogen-bond donors (Lipinski definition) is 1. The lowest BCUT2D eigenvalue weighted by atomic mass is 10.1. The Balaban J connectivity index is 2.01. The number of alkyl halides is 2. The number of piperidine rings is 1. The topological polar surface area (TPSA) is 51.4 Å². The van der Waals surface area contributed by atoms with E-state index < -0.39 is 6.61 Å². The van der Waals surface area contributed by atoms with Crippen molar-refractivity contribution in [3.63, 3.8) is 0 Å². The van der Waals surface area contributed by atoms with E-state index in [1.165, 1.54) is 12.3 Å². The summed E-state index contributed by atoms with van der Waals surface area (Å²) in [6.07, 6.45) is 3.35. The van der Waals surface area contributed by atoms with Crippen LogP contribution in [-0.2, 0) is 0 Å². The largest absolute Gasteiger partial charge is 0.433 e. The minimum Gasteiger partial charge on any atom is -0.433 e. The van der Waals surface area contributed by atoms with Gasteiger partial charge in [0.15, 0.2) is 0 Å². The molecule has 2 N–H and O–H groups in total. The van der Waals surface area contributed by atoms with Crippen LogP contribution in [0.15, 0.2) is 18.3 Å². The van der Waals surface area contributed by atoms with Crippen molar-refractivity contribution in [3.05, 3.63) is 18.3 Å². The third kappa shape index (κ3) is 3.26. The van der Waals surface area contributed by atoms with Crippen LogP contribution in [0.25, 0.3) is 0 Å². The first-order valence-corrected chi connectivity index (χ1v) is 5.56. The molecular weight excluding hydrogens is 228 g/mol. The lowest BCUT2D eigenvalue weighted by molar-refractivity contribution is -0.0500. The molecule has 0 aliphatic carbocycles. The third-order valence-electron chi connectivity index (χ3n) is 2.73. The Hall–Kier alpha value is -1.43. The highest BCUT2D eigenvalue weighted by molar-refractivity contribution is 5.41. The van der Waals surface area contributed by atoms with E-state index >= 15 is 0 Å². The van der Waals surface area contributed by atoms with Gasteiger partial charge >= 0.3 is 6.61 Å². The van der Waals surface area contributed by atoms with Gasteiger partial charge in [0.2, 0.25) is 0 Å². The molecule has 1 aromatic rings. The van der Waals surface area contributed by atoms with Crippen molar-refractivity contribution >= 4 is 5.82 Å². The van der Waals surface area contributed by atoms with Gasteiger partial charge in [-0.1, -0.05) is 0 Å². The highest BCUT2D eigenvalue weighted by atomic mass is 19.3. The smallest absolute Gasteiger partial charge is 0.387 e. The number of rotatable bonds is 3. The van der Waals surface area contributed by atoms with Crippen LogP contribution < -0.4 is 15.4 Å². The molecule has 0 radical (unpaired) electrons. The standard InChI is InChI=1S/C11H15F2N3O/c12-11(13)17-9-3-4-10(15-6-9)16-5-1-2-8(14)7-16/h3-4,6,8,11H,1-2,5,7,14H2/t8-/m1/s1. The maximum atomic E-state index is 11.9. The molecule has 0 unspecified atom stereocenters. The van der Waals surface area contributed by atoms with Crippen LogP contribution in [0, 0.1) is 0 Å². The molecule has 1 saturated heterocycles. The molecule has 0 aromatic carbocycles. The second-order valence-electron chi connectivity index (χ2n) is 4.08. The van der Waals surface area contributed by atoms with Gasteiger partial charge < -0.3 is 15.4 Å². The van der Waals surface area contributed by atoms with Crippen molar-refractivity contribution in [1.29, 1.82) is 0 Å². The molecule has 1 aliphatic rings. The number of halogens is 2. The van der Waals surface area contributed by atoms with Crippen LogP contribution in [0.4, 0.5) is 14.6 Å². The first kappa shape index (κ1) is 12.0. The Labute approximate surface area is 98.4 Å². The summed E-state index contributed by atoms with van der Waals surface area (Å²) in [5, 5.41) is 0. The third-order valence-corrected chi connectivity index (χ3v) is 2.73. The molecule has 2 rings (SSSR count). The molecule has 2 heterocycles. The molecule has 1 atom stereocenters. The molecule has 0 amide bonds. The van der Waals surface area contributed by atoms with Gasteiger partial charge in [-0.15, -0.1) is 0 Å². The zero-order valence-electron chi connectivity index (χ0n) is 9.35. The Morgan fingerprint density at radius 2 is 2.29 bits per heavy atom. The van der Waals surface area contributed by atoms with E-state index in [4.69, 9.17) is 5.73 Å². The number of ether oxygens (including phenoxy) is 1. The monoisotopic (exact) mass is 243 g/mol.